The Morgan fingerprint density at radius 1 is 1.11 bits per heavy atom. The average Bonchev–Trinajstić information content (AvgIpc) is 3.05. The van der Waals surface area contributed by atoms with Gasteiger partial charge in [0.1, 0.15) is 5.75 Å². The first-order valence-electron chi connectivity index (χ1n) is 9.02. The Bertz CT molecular complexity index is 1050. The van der Waals surface area contributed by atoms with Crippen LogP contribution in [0, 0.1) is 4.77 Å². The van der Waals surface area contributed by atoms with E-state index in [1.807, 2.05) is 48.6 Å². The number of aromatic amines is 1. The molecule has 2 aromatic carbocycles. The smallest absolute Gasteiger partial charge is 0.216 e. The Kier molecular flexibility index (Phi) is 5.90. The maximum atomic E-state index is 5.35. The van der Waals surface area contributed by atoms with Gasteiger partial charge in [0, 0.05) is 17.3 Å². The highest BCUT2D eigenvalue weighted by Gasteiger charge is 2.14. The lowest BCUT2D eigenvalue weighted by molar-refractivity contribution is 0.414. The molecule has 3 rings (SSSR count). The van der Waals surface area contributed by atoms with Crippen LogP contribution in [0.4, 0.5) is 0 Å². The van der Waals surface area contributed by atoms with Gasteiger partial charge in [-0.3, -0.25) is 0 Å². The summed E-state index contributed by atoms with van der Waals surface area (Å²) in [6.07, 6.45) is 5.47. The fourth-order valence-corrected chi connectivity index (χ4v) is 2.94. The minimum atomic E-state index is 0.102. The topological polar surface area (TPSA) is 55.2 Å². The predicted octanol–water partition coefficient (Wildman–Crippen LogP) is 5.46. The van der Waals surface area contributed by atoms with Crippen molar-refractivity contribution in [3.63, 3.8) is 0 Å². The Morgan fingerprint density at radius 3 is 2.50 bits per heavy atom. The highest BCUT2D eigenvalue weighted by Crippen LogP contribution is 2.25. The van der Waals surface area contributed by atoms with Crippen LogP contribution in [0.1, 0.15) is 31.9 Å². The summed E-state index contributed by atoms with van der Waals surface area (Å²) in [4.78, 5) is 0. The molecule has 28 heavy (non-hydrogen) atoms. The molecule has 0 fully saturated rings. The van der Waals surface area contributed by atoms with Gasteiger partial charge in [-0.05, 0) is 41.4 Å². The molecule has 6 heteroatoms. The molecule has 5 nitrogen and oxygen atoms in total. The molecule has 1 aromatic heterocycles. The summed E-state index contributed by atoms with van der Waals surface area (Å²) >= 11 is 5.33. The van der Waals surface area contributed by atoms with Crippen molar-refractivity contribution in [2.75, 3.05) is 7.11 Å². The Labute approximate surface area is 170 Å². The van der Waals surface area contributed by atoms with E-state index < -0.39 is 0 Å². The number of H-pyrrole nitrogens is 1. The summed E-state index contributed by atoms with van der Waals surface area (Å²) in [6.45, 7) is 6.57. The van der Waals surface area contributed by atoms with Gasteiger partial charge in [0.2, 0.25) is 4.77 Å². The molecule has 0 aliphatic carbocycles. The van der Waals surface area contributed by atoms with E-state index in [4.69, 9.17) is 17.0 Å². The highest BCUT2D eigenvalue weighted by atomic mass is 32.1. The zero-order valence-electron chi connectivity index (χ0n) is 16.5. The minimum absolute atomic E-state index is 0.102. The van der Waals surface area contributed by atoms with Crippen molar-refractivity contribution in [2.45, 2.75) is 26.2 Å². The molecule has 0 unspecified atom stereocenters. The van der Waals surface area contributed by atoms with Gasteiger partial charge in [0.15, 0.2) is 5.82 Å². The minimum Gasteiger partial charge on any atom is -0.496 e. The zero-order chi connectivity index (χ0) is 20.1. The second kappa shape index (κ2) is 8.35. The first-order chi connectivity index (χ1) is 13.4. The molecule has 0 amide bonds. The number of hydrogen-bond acceptors (Lipinski definition) is 4. The Hall–Kier alpha value is -2.99. The molecular formula is C22H24N4OS. The van der Waals surface area contributed by atoms with E-state index >= 15 is 0 Å². The number of rotatable bonds is 5. The number of ether oxygens (including phenoxy) is 1. The van der Waals surface area contributed by atoms with Crippen LogP contribution >= 0.6 is 12.2 Å². The number of hydrogen-bond donors (Lipinski definition) is 1. The molecule has 1 heterocycles. The van der Waals surface area contributed by atoms with Crippen LogP contribution in [-0.2, 0) is 5.41 Å². The lowest BCUT2D eigenvalue weighted by Gasteiger charge is -2.18. The molecule has 0 saturated heterocycles. The second-order valence-electron chi connectivity index (χ2n) is 7.36. The van der Waals surface area contributed by atoms with Crippen molar-refractivity contribution in [3.05, 3.63) is 70.5 Å². The molecule has 1 N–H and O–H groups in total. The van der Waals surface area contributed by atoms with Crippen molar-refractivity contribution < 1.29 is 4.74 Å². The number of nitrogens with one attached hydrogen (secondary N) is 1. The normalized spacial score (nSPS) is 12.1. The lowest BCUT2D eigenvalue weighted by atomic mass is 9.87. The number of allylic oxidation sites excluding steroid dienone is 1. The molecule has 3 aromatic rings. The lowest BCUT2D eigenvalue weighted by Crippen LogP contribution is -2.10. The molecule has 0 radical (unpaired) electrons. The second-order valence-corrected chi connectivity index (χ2v) is 7.74. The van der Waals surface area contributed by atoms with E-state index in [1.54, 1.807) is 18.0 Å². The molecule has 0 bridgehead atoms. The number of aromatic nitrogens is 3. The summed E-state index contributed by atoms with van der Waals surface area (Å²) < 4.78 is 7.41. The van der Waals surface area contributed by atoms with Gasteiger partial charge < -0.3 is 4.74 Å². The third-order valence-electron chi connectivity index (χ3n) is 4.34. The van der Waals surface area contributed by atoms with Crippen molar-refractivity contribution in [2.24, 2.45) is 5.10 Å². The van der Waals surface area contributed by atoms with E-state index in [0.717, 1.165) is 16.9 Å². The standard InChI is InChI=1S/C22H24N4OS/c1-22(2,3)18-13-11-17(12-14-18)20-24-25-21(28)26(20)23-15-7-9-16-8-5-6-10-19(16)27-4/h5-15H,1-4H3,(H,25,28)/b9-7+,23-15+. The summed E-state index contributed by atoms with van der Waals surface area (Å²) in [5, 5.41) is 11.6. The van der Waals surface area contributed by atoms with Gasteiger partial charge in [-0.1, -0.05) is 63.2 Å². The molecule has 0 aliphatic rings. The molecule has 0 saturated carbocycles. The van der Waals surface area contributed by atoms with Gasteiger partial charge in [-0.25, -0.2) is 5.10 Å². The van der Waals surface area contributed by atoms with Crippen molar-refractivity contribution in [1.29, 1.82) is 0 Å². The number of methoxy groups -OCH3 is 1. The van der Waals surface area contributed by atoms with Crippen LogP contribution < -0.4 is 4.74 Å². The molecule has 0 atom stereocenters. The first kappa shape index (κ1) is 19.8. The van der Waals surface area contributed by atoms with Crippen LogP contribution in [0.2, 0.25) is 0 Å². The first-order valence-corrected chi connectivity index (χ1v) is 9.43. The van der Waals surface area contributed by atoms with Crippen molar-refractivity contribution in [1.82, 2.24) is 14.9 Å². The number of benzene rings is 2. The van der Waals surface area contributed by atoms with E-state index in [-0.39, 0.29) is 5.41 Å². The van der Waals surface area contributed by atoms with E-state index in [1.165, 1.54) is 5.56 Å². The van der Waals surface area contributed by atoms with E-state index in [9.17, 15) is 0 Å². The Balaban J connectivity index is 1.84. The van der Waals surface area contributed by atoms with Gasteiger partial charge >= 0.3 is 0 Å². The quantitative estimate of drug-likeness (QED) is 0.463. The SMILES string of the molecule is COc1ccccc1/C=C/C=N/n1c(-c2ccc(C(C)(C)C)cc2)n[nH]c1=S. The fraction of sp³-hybridized carbons (Fsp3) is 0.227. The monoisotopic (exact) mass is 392 g/mol. The largest absolute Gasteiger partial charge is 0.496 e. The average molecular weight is 393 g/mol. The van der Waals surface area contributed by atoms with E-state index in [0.29, 0.717) is 10.6 Å². The van der Waals surface area contributed by atoms with Gasteiger partial charge in [-0.2, -0.15) is 14.9 Å². The molecule has 144 valence electrons. The maximum absolute atomic E-state index is 5.35. The zero-order valence-corrected chi connectivity index (χ0v) is 17.3. The molecule has 0 aliphatic heterocycles. The molecular weight excluding hydrogens is 368 g/mol. The number of para-hydroxylation sites is 1. The van der Waals surface area contributed by atoms with Crippen LogP contribution in [0.15, 0.2) is 59.7 Å². The van der Waals surface area contributed by atoms with Gasteiger partial charge in [0.25, 0.3) is 0 Å². The predicted molar refractivity (Wildman–Crippen MR) is 117 cm³/mol. The van der Waals surface area contributed by atoms with Crippen LogP contribution in [0.5, 0.6) is 5.75 Å². The van der Waals surface area contributed by atoms with Crippen molar-refractivity contribution in [3.8, 4) is 17.1 Å². The summed E-state index contributed by atoms with van der Waals surface area (Å²) in [6, 6.07) is 16.1. The fourth-order valence-electron chi connectivity index (χ4n) is 2.76. The van der Waals surface area contributed by atoms with Crippen LogP contribution in [0.25, 0.3) is 17.5 Å². The maximum Gasteiger partial charge on any atom is 0.216 e. The van der Waals surface area contributed by atoms with Crippen LogP contribution in [-0.4, -0.2) is 28.2 Å². The third-order valence-corrected chi connectivity index (χ3v) is 4.61. The highest BCUT2D eigenvalue weighted by molar-refractivity contribution is 7.71. The van der Waals surface area contributed by atoms with Crippen molar-refractivity contribution >= 4 is 24.5 Å². The molecule has 0 spiro atoms. The third kappa shape index (κ3) is 4.46. The summed E-state index contributed by atoms with van der Waals surface area (Å²) in [7, 11) is 1.66. The summed E-state index contributed by atoms with van der Waals surface area (Å²) in [5.41, 5.74) is 3.29. The van der Waals surface area contributed by atoms with E-state index in [2.05, 4.69) is 48.2 Å². The van der Waals surface area contributed by atoms with Crippen LogP contribution in [0.3, 0.4) is 0 Å². The number of nitrogens with zero attached hydrogens (tertiary/aromatic N) is 3. The Morgan fingerprint density at radius 2 is 1.82 bits per heavy atom. The van der Waals surface area contributed by atoms with Gasteiger partial charge in [0.05, 0.1) is 7.11 Å². The van der Waals surface area contributed by atoms with Gasteiger partial charge in [-0.15, -0.1) is 0 Å². The summed E-state index contributed by atoms with van der Waals surface area (Å²) in [5.74, 6) is 1.49.